The number of likely N-dealkylation sites (tertiary alicyclic amines) is 1. The van der Waals surface area contributed by atoms with E-state index in [1.807, 2.05) is 48.2 Å². The standard InChI is InChI=1S/C21H28N2O2S2/c24-27(25,21-10-9-18-7-2-3-8-19(18)15-21)23-13-6-14-26-17-20(23)16-22-11-4-1-5-12-22/h2-3,7-10,15,20H,1,4-6,11-14,16-17H2. The summed E-state index contributed by atoms with van der Waals surface area (Å²) in [5, 5.41) is 2.06. The van der Waals surface area contributed by atoms with Crippen LogP contribution in [0, 0.1) is 0 Å². The normalized spacial score (nSPS) is 23.3. The monoisotopic (exact) mass is 404 g/mol. The molecule has 2 fully saturated rings. The van der Waals surface area contributed by atoms with Crippen LogP contribution < -0.4 is 0 Å². The van der Waals surface area contributed by atoms with Gasteiger partial charge < -0.3 is 4.90 Å². The molecule has 2 aliphatic rings. The number of benzene rings is 2. The number of thioether (sulfide) groups is 1. The molecule has 27 heavy (non-hydrogen) atoms. The van der Waals surface area contributed by atoms with Crippen LogP contribution in [0.15, 0.2) is 47.4 Å². The Morgan fingerprint density at radius 2 is 1.70 bits per heavy atom. The minimum Gasteiger partial charge on any atom is -0.302 e. The molecular formula is C21H28N2O2S2. The van der Waals surface area contributed by atoms with Crippen LogP contribution in [0.5, 0.6) is 0 Å². The SMILES string of the molecule is O=S(=O)(c1ccc2ccccc2c1)N1CCCSCC1CN1CCCCC1. The van der Waals surface area contributed by atoms with Crippen molar-refractivity contribution in [2.24, 2.45) is 0 Å². The molecule has 2 aromatic rings. The molecule has 6 heteroatoms. The molecule has 0 spiro atoms. The summed E-state index contributed by atoms with van der Waals surface area (Å²) in [7, 11) is -3.48. The lowest BCUT2D eigenvalue weighted by atomic mass is 10.1. The van der Waals surface area contributed by atoms with E-state index in [0.29, 0.717) is 11.4 Å². The maximum atomic E-state index is 13.5. The Bertz CT molecular complexity index is 879. The summed E-state index contributed by atoms with van der Waals surface area (Å²) in [6.45, 7) is 3.69. The molecule has 0 radical (unpaired) electrons. The third-order valence-electron chi connectivity index (χ3n) is 5.63. The summed E-state index contributed by atoms with van der Waals surface area (Å²) in [6.07, 6.45) is 4.69. The van der Waals surface area contributed by atoms with Gasteiger partial charge in [-0.3, -0.25) is 0 Å². The highest BCUT2D eigenvalue weighted by molar-refractivity contribution is 7.99. The van der Waals surface area contributed by atoms with E-state index < -0.39 is 10.0 Å². The quantitative estimate of drug-likeness (QED) is 0.777. The number of hydrogen-bond acceptors (Lipinski definition) is 4. The number of nitrogens with zero attached hydrogens (tertiary/aromatic N) is 2. The van der Waals surface area contributed by atoms with Gasteiger partial charge in [0.15, 0.2) is 0 Å². The molecule has 2 saturated heterocycles. The van der Waals surface area contributed by atoms with Crippen molar-refractivity contribution in [1.82, 2.24) is 9.21 Å². The van der Waals surface area contributed by atoms with Crippen LogP contribution in [-0.4, -0.2) is 61.3 Å². The average Bonchev–Trinajstić information content (AvgIpc) is 2.94. The Labute approximate surface area is 167 Å². The maximum Gasteiger partial charge on any atom is 0.243 e. The maximum absolute atomic E-state index is 13.5. The Balaban J connectivity index is 1.62. The summed E-state index contributed by atoms with van der Waals surface area (Å²) in [6, 6.07) is 13.5. The molecule has 0 aromatic heterocycles. The van der Waals surface area contributed by atoms with E-state index in [0.717, 1.165) is 48.3 Å². The molecule has 2 heterocycles. The van der Waals surface area contributed by atoms with E-state index in [-0.39, 0.29) is 6.04 Å². The van der Waals surface area contributed by atoms with Gasteiger partial charge in [-0.2, -0.15) is 16.1 Å². The van der Waals surface area contributed by atoms with Crippen molar-refractivity contribution in [3.05, 3.63) is 42.5 Å². The Morgan fingerprint density at radius 1 is 0.926 bits per heavy atom. The zero-order valence-corrected chi connectivity index (χ0v) is 17.4. The predicted molar refractivity (Wildman–Crippen MR) is 114 cm³/mol. The van der Waals surface area contributed by atoms with Gasteiger partial charge in [0.25, 0.3) is 0 Å². The lowest BCUT2D eigenvalue weighted by Gasteiger charge is -2.35. The summed E-state index contributed by atoms with van der Waals surface area (Å²) < 4.78 is 28.9. The zero-order valence-electron chi connectivity index (χ0n) is 15.7. The van der Waals surface area contributed by atoms with Gasteiger partial charge >= 0.3 is 0 Å². The molecule has 0 saturated carbocycles. The van der Waals surface area contributed by atoms with Gasteiger partial charge in [-0.05, 0) is 61.0 Å². The fourth-order valence-corrected chi connectivity index (χ4v) is 7.01. The van der Waals surface area contributed by atoms with Crippen LogP contribution in [0.25, 0.3) is 10.8 Å². The fourth-order valence-electron chi connectivity index (χ4n) is 4.17. The van der Waals surface area contributed by atoms with Crippen molar-refractivity contribution < 1.29 is 8.42 Å². The topological polar surface area (TPSA) is 40.6 Å². The number of hydrogen-bond donors (Lipinski definition) is 0. The van der Waals surface area contributed by atoms with Crippen molar-refractivity contribution in [2.45, 2.75) is 36.6 Å². The number of rotatable bonds is 4. The van der Waals surface area contributed by atoms with Crippen LogP contribution in [0.1, 0.15) is 25.7 Å². The molecule has 0 amide bonds. The number of fused-ring (bicyclic) bond motifs is 1. The van der Waals surface area contributed by atoms with Gasteiger partial charge in [-0.15, -0.1) is 0 Å². The van der Waals surface area contributed by atoms with Crippen LogP contribution in [-0.2, 0) is 10.0 Å². The van der Waals surface area contributed by atoms with Crippen LogP contribution in [0.3, 0.4) is 0 Å². The second-order valence-electron chi connectivity index (χ2n) is 7.57. The average molecular weight is 405 g/mol. The molecule has 1 atom stereocenters. The first-order valence-electron chi connectivity index (χ1n) is 9.95. The Morgan fingerprint density at radius 3 is 2.52 bits per heavy atom. The lowest BCUT2D eigenvalue weighted by molar-refractivity contribution is 0.183. The summed E-state index contributed by atoms with van der Waals surface area (Å²) in [5.41, 5.74) is 0. The van der Waals surface area contributed by atoms with Gasteiger partial charge in [-0.25, -0.2) is 8.42 Å². The van der Waals surface area contributed by atoms with E-state index in [1.165, 1.54) is 19.3 Å². The minimum atomic E-state index is -3.48. The second kappa shape index (κ2) is 8.52. The molecule has 0 N–H and O–H groups in total. The minimum absolute atomic E-state index is 0.0621. The molecular weight excluding hydrogens is 376 g/mol. The van der Waals surface area contributed by atoms with Gasteiger partial charge in [0, 0.05) is 24.9 Å². The highest BCUT2D eigenvalue weighted by atomic mass is 32.2. The smallest absolute Gasteiger partial charge is 0.243 e. The molecule has 4 nitrogen and oxygen atoms in total. The predicted octanol–water partition coefficient (Wildman–Crippen LogP) is 3.82. The van der Waals surface area contributed by atoms with Crippen molar-refractivity contribution in [2.75, 3.05) is 37.7 Å². The molecule has 0 bridgehead atoms. The van der Waals surface area contributed by atoms with Crippen LogP contribution in [0.2, 0.25) is 0 Å². The van der Waals surface area contributed by atoms with Crippen LogP contribution in [0.4, 0.5) is 0 Å². The van der Waals surface area contributed by atoms with Gasteiger partial charge in [-0.1, -0.05) is 36.8 Å². The first-order chi connectivity index (χ1) is 13.1. The molecule has 2 aromatic carbocycles. The second-order valence-corrected chi connectivity index (χ2v) is 10.6. The van der Waals surface area contributed by atoms with Gasteiger partial charge in [0.2, 0.25) is 10.0 Å². The zero-order chi connectivity index (χ0) is 18.7. The first-order valence-corrected chi connectivity index (χ1v) is 12.5. The molecule has 0 aliphatic carbocycles. The molecule has 2 aliphatic heterocycles. The Kier molecular flexibility index (Phi) is 6.07. The Hall–Kier alpha value is -1.08. The summed E-state index contributed by atoms with van der Waals surface area (Å²) >= 11 is 1.90. The number of piperidine rings is 1. The van der Waals surface area contributed by atoms with E-state index in [1.54, 1.807) is 10.4 Å². The van der Waals surface area contributed by atoms with Crippen molar-refractivity contribution in [1.29, 1.82) is 0 Å². The van der Waals surface area contributed by atoms with Gasteiger partial charge in [0.1, 0.15) is 0 Å². The van der Waals surface area contributed by atoms with E-state index in [4.69, 9.17) is 0 Å². The van der Waals surface area contributed by atoms with E-state index in [9.17, 15) is 8.42 Å². The highest BCUT2D eigenvalue weighted by Gasteiger charge is 2.34. The third kappa shape index (κ3) is 4.34. The van der Waals surface area contributed by atoms with Gasteiger partial charge in [0.05, 0.1) is 4.90 Å². The van der Waals surface area contributed by atoms with Crippen molar-refractivity contribution >= 4 is 32.6 Å². The van der Waals surface area contributed by atoms with E-state index >= 15 is 0 Å². The molecule has 1 unspecified atom stereocenters. The molecule has 146 valence electrons. The summed E-state index contributed by atoms with van der Waals surface area (Å²) in [5.74, 6) is 1.93. The van der Waals surface area contributed by atoms with E-state index in [2.05, 4.69) is 4.90 Å². The molecule has 4 rings (SSSR count). The third-order valence-corrected chi connectivity index (χ3v) is 8.78. The lowest BCUT2D eigenvalue weighted by Crippen LogP contribution is -2.49. The van der Waals surface area contributed by atoms with Crippen molar-refractivity contribution in [3.63, 3.8) is 0 Å². The van der Waals surface area contributed by atoms with Crippen LogP contribution >= 0.6 is 11.8 Å². The fraction of sp³-hybridized carbons (Fsp3) is 0.524. The highest BCUT2D eigenvalue weighted by Crippen LogP contribution is 2.27. The first kappa shape index (κ1) is 19.2. The number of sulfonamides is 1. The van der Waals surface area contributed by atoms with Crippen molar-refractivity contribution in [3.8, 4) is 0 Å². The summed E-state index contributed by atoms with van der Waals surface area (Å²) in [4.78, 5) is 2.89. The largest absolute Gasteiger partial charge is 0.302 e.